The van der Waals surface area contributed by atoms with Gasteiger partial charge in [-0.3, -0.25) is 14.5 Å². The van der Waals surface area contributed by atoms with Gasteiger partial charge in [-0.2, -0.15) is 0 Å². The SMILES string of the molecule is CCOC(=O)c1ccc(N2C(=O)C(CC(=O)Nc3ccccc3)N(Cc3ccc4c(c3)OCO4)C2=S)cc1. The molecule has 0 aromatic heterocycles. The van der Waals surface area contributed by atoms with E-state index in [1.54, 1.807) is 48.2 Å². The van der Waals surface area contributed by atoms with Crippen LogP contribution >= 0.6 is 12.2 Å². The van der Waals surface area contributed by atoms with Gasteiger partial charge in [-0.1, -0.05) is 24.3 Å². The number of esters is 1. The Morgan fingerprint density at radius 1 is 1.03 bits per heavy atom. The maximum absolute atomic E-state index is 13.7. The van der Waals surface area contributed by atoms with E-state index in [9.17, 15) is 14.4 Å². The molecule has 1 fully saturated rings. The summed E-state index contributed by atoms with van der Waals surface area (Å²) >= 11 is 5.76. The van der Waals surface area contributed by atoms with E-state index in [0.29, 0.717) is 28.4 Å². The molecule has 2 heterocycles. The van der Waals surface area contributed by atoms with Crippen LogP contribution in [0.15, 0.2) is 72.8 Å². The molecule has 9 nitrogen and oxygen atoms in total. The quantitative estimate of drug-likeness (QED) is 0.343. The first-order valence-corrected chi connectivity index (χ1v) is 12.5. The maximum atomic E-state index is 13.7. The van der Waals surface area contributed by atoms with Crippen molar-refractivity contribution in [1.29, 1.82) is 0 Å². The summed E-state index contributed by atoms with van der Waals surface area (Å²) in [5.41, 5.74) is 2.34. The van der Waals surface area contributed by atoms with Crippen molar-refractivity contribution in [2.45, 2.75) is 25.9 Å². The normalized spacial score (nSPS) is 16.1. The van der Waals surface area contributed by atoms with Crippen molar-refractivity contribution < 1.29 is 28.6 Å². The van der Waals surface area contributed by atoms with Gasteiger partial charge in [0.15, 0.2) is 16.6 Å². The van der Waals surface area contributed by atoms with Crippen LogP contribution in [0.4, 0.5) is 11.4 Å². The van der Waals surface area contributed by atoms with E-state index < -0.39 is 12.0 Å². The van der Waals surface area contributed by atoms with E-state index in [0.717, 1.165) is 5.56 Å². The summed E-state index contributed by atoms with van der Waals surface area (Å²) in [4.78, 5) is 41.9. The number of rotatable bonds is 8. The van der Waals surface area contributed by atoms with Crippen LogP contribution in [-0.4, -0.2) is 47.2 Å². The van der Waals surface area contributed by atoms with E-state index >= 15 is 0 Å². The Morgan fingerprint density at radius 3 is 2.50 bits per heavy atom. The molecule has 1 saturated heterocycles. The Balaban J connectivity index is 1.41. The molecule has 194 valence electrons. The first kappa shape index (κ1) is 25.2. The zero-order valence-corrected chi connectivity index (χ0v) is 21.4. The summed E-state index contributed by atoms with van der Waals surface area (Å²) in [5, 5.41) is 3.10. The molecule has 2 amide bonds. The number of para-hydroxylation sites is 1. The largest absolute Gasteiger partial charge is 0.462 e. The number of fused-ring (bicyclic) bond motifs is 1. The predicted octanol–water partition coefficient (Wildman–Crippen LogP) is 4.12. The second-order valence-corrected chi connectivity index (χ2v) is 9.04. The van der Waals surface area contributed by atoms with Gasteiger partial charge < -0.3 is 24.4 Å². The Kier molecular flexibility index (Phi) is 7.23. The fraction of sp³-hybridized carbons (Fsp3) is 0.214. The summed E-state index contributed by atoms with van der Waals surface area (Å²) in [5.74, 6) is 0.171. The highest BCUT2D eigenvalue weighted by atomic mass is 32.1. The van der Waals surface area contributed by atoms with Crippen molar-refractivity contribution in [1.82, 2.24) is 4.90 Å². The molecule has 1 unspecified atom stereocenters. The molecule has 38 heavy (non-hydrogen) atoms. The summed E-state index contributed by atoms with van der Waals surface area (Å²) in [6.45, 7) is 2.42. The molecular formula is C28H25N3O6S. The molecular weight excluding hydrogens is 506 g/mol. The third-order valence-electron chi connectivity index (χ3n) is 6.18. The van der Waals surface area contributed by atoms with Crippen LogP contribution in [0.1, 0.15) is 29.3 Å². The van der Waals surface area contributed by atoms with E-state index in [-0.39, 0.29) is 43.3 Å². The van der Waals surface area contributed by atoms with Crippen molar-refractivity contribution in [3.05, 3.63) is 83.9 Å². The molecule has 5 rings (SSSR count). The molecule has 0 saturated carbocycles. The standard InChI is InChI=1S/C28H25N3O6S/c1-2-35-27(34)19-9-11-21(12-10-19)31-26(33)22(15-25(32)29-20-6-4-3-5-7-20)30(28(31)38)16-18-8-13-23-24(14-18)37-17-36-23/h3-14,22H,2,15-17H2,1H3,(H,29,32). The summed E-state index contributed by atoms with van der Waals surface area (Å²) in [7, 11) is 0. The molecule has 0 spiro atoms. The lowest BCUT2D eigenvalue weighted by Gasteiger charge is -2.24. The number of hydrogen-bond acceptors (Lipinski definition) is 7. The first-order valence-electron chi connectivity index (χ1n) is 12.1. The Morgan fingerprint density at radius 2 is 1.76 bits per heavy atom. The van der Waals surface area contributed by atoms with Crippen LogP contribution < -0.4 is 19.7 Å². The number of carbonyl (C=O) groups excluding carboxylic acids is 3. The Bertz CT molecular complexity index is 1380. The fourth-order valence-electron chi connectivity index (χ4n) is 4.36. The number of benzene rings is 3. The Labute approximate surface area is 224 Å². The van der Waals surface area contributed by atoms with Gasteiger partial charge in [0.05, 0.1) is 24.3 Å². The van der Waals surface area contributed by atoms with Gasteiger partial charge >= 0.3 is 5.97 Å². The topological polar surface area (TPSA) is 97.4 Å². The molecule has 0 bridgehead atoms. The minimum atomic E-state index is -0.832. The van der Waals surface area contributed by atoms with E-state index in [4.69, 9.17) is 26.4 Å². The van der Waals surface area contributed by atoms with Crippen LogP contribution in [0.5, 0.6) is 11.5 Å². The lowest BCUT2D eigenvalue weighted by Crippen LogP contribution is -2.37. The molecule has 3 aromatic carbocycles. The Hall–Kier alpha value is -4.44. The molecule has 3 aromatic rings. The number of nitrogens with zero attached hydrogens (tertiary/aromatic N) is 2. The third-order valence-corrected chi connectivity index (χ3v) is 6.60. The molecule has 10 heteroatoms. The summed E-state index contributed by atoms with van der Waals surface area (Å²) < 4.78 is 15.9. The zero-order valence-electron chi connectivity index (χ0n) is 20.6. The van der Waals surface area contributed by atoms with Crippen LogP contribution in [0.25, 0.3) is 0 Å². The second kappa shape index (κ2) is 10.9. The monoisotopic (exact) mass is 531 g/mol. The van der Waals surface area contributed by atoms with Crippen LogP contribution in [0.3, 0.4) is 0 Å². The zero-order chi connectivity index (χ0) is 26.6. The van der Waals surface area contributed by atoms with Gasteiger partial charge in [0, 0.05) is 12.2 Å². The predicted molar refractivity (Wildman–Crippen MR) is 144 cm³/mol. The number of hydrogen-bond donors (Lipinski definition) is 1. The molecule has 2 aliphatic rings. The third kappa shape index (κ3) is 5.16. The van der Waals surface area contributed by atoms with E-state index in [1.807, 2.05) is 36.4 Å². The summed E-state index contributed by atoms with van der Waals surface area (Å²) in [6, 6.07) is 20.2. The molecule has 1 atom stereocenters. The average molecular weight is 532 g/mol. The molecule has 1 N–H and O–H groups in total. The van der Waals surface area contributed by atoms with Crippen LogP contribution in [-0.2, 0) is 20.9 Å². The number of nitrogens with one attached hydrogen (secondary N) is 1. The number of ether oxygens (including phenoxy) is 3. The smallest absolute Gasteiger partial charge is 0.338 e. The van der Waals surface area contributed by atoms with Crippen molar-refractivity contribution in [2.75, 3.05) is 23.6 Å². The van der Waals surface area contributed by atoms with Gasteiger partial charge in [0.1, 0.15) is 6.04 Å². The van der Waals surface area contributed by atoms with Gasteiger partial charge in [0.2, 0.25) is 12.7 Å². The number of anilines is 2. The lowest BCUT2D eigenvalue weighted by atomic mass is 10.1. The van der Waals surface area contributed by atoms with E-state index in [2.05, 4.69) is 5.32 Å². The van der Waals surface area contributed by atoms with Gasteiger partial charge in [-0.05, 0) is 73.2 Å². The minimum absolute atomic E-state index is 0.101. The highest BCUT2D eigenvalue weighted by molar-refractivity contribution is 7.80. The van der Waals surface area contributed by atoms with Gasteiger partial charge in [-0.25, -0.2) is 4.79 Å². The van der Waals surface area contributed by atoms with Crippen LogP contribution in [0.2, 0.25) is 0 Å². The fourth-order valence-corrected chi connectivity index (χ4v) is 4.74. The van der Waals surface area contributed by atoms with Gasteiger partial charge in [-0.15, -0.1) is 0 Å². The van der Waals surface area contributed by atoms with Crippen molar-refractivity contribution in [3.8, 4) is 11.5 Å². The van der Waals surface area contributed by atoms with Crippen molar-refractivity contribution in [3.63, 3.8) is 0 Å². The minimum Gasteiger partial charge on any atom is -0.462 e. The number of carbonyl (C=O) groups is 3. The number of amides is 2. The number of thiocarbonyl (C=S) groups is 1. The van der Waals surface area contributed by atoms with Crippen molar-refractivity contribution >= 4 is 46.5 Å². The average Bonchev–Trinajstić information content (AvgIpc) is 3.47. The van der Waals surface area contributed by atoms with Crippen LogP contribution in [0, 0.1) is 0 Å². The first-order chi connectivity index (χ1) is 18.4. The van der Waals surface area contributed by atoms with Gasteiger partial charge in [0.25, 0.3) is 5.91 Å². The highest BCUT2D eigenvalue weighted by Crippen LogP contribution is 2.34. The van der Waals surface area contributed by atoms with Crippen molar-refractivity contribution in [2.24, 2.45) is 0 Å². The highest BCUT2D eigenvalue weighted by Gasteiger charge is 2.44. The van der Waals surface area contributed by atoms with E-state index in [1.165, 1.54) is 4.90 Å². The molecule has 0 radical (unpaired) electrons. The lowest BCUT2D eigenvalue weighted by molar-refractivity contribution is -0.124. The second-order valence-electron chi connectivity index (χ2n) is 8.67. The maximum Gasteiger partial charge on any atom is 0.338 e. The summed E-state index contributed by atoms with van der Waals surface area (Å²) in [6.07, 6.45) is -0.101. The molecule has 0 aliphatic carbocycles. The molecule has 2 aliphatic heterocycles.